The average Bonchev–Trinajstić information content (AvgIpc) is 1.61. The van der Waals surface area contributed by atoms with Gasteiger partial charge < -0.3 is 9.73 Å². The topological polar surface area (TPSA) is 160 Å². The Balaban J connectivity index is 0.000000138. The number of nitrogens with one attached hydrogen (secondary N) is 3. The number of halogens is 9. The molecule has 3 atom stereocenters. The number of nitrogens with zero attached hydrogens (tertiary/aromatic N) is 8. The SMILES string of the molecule is CC1CCCC(C)N1NC(=O)c1nn(-c2ccc(Cl)cc2Cl)c2c1CCC/C2=C\c1sccc1Br.C[C@@H](NC(=O)c1nn(-c2ccc(Cl)cc2Cl)c2c1CCC/C2=C\c1ccc(Br)o1)C1CCCCC1.O=C(NN1CCCCC1)c1nn(-c2ccc(Cl)cc2Cl)c2c1CCC/C2=C\c1ccc(Br)s1. The van der Waals surface area contributed by atoms with Gasteiger partial charge in [0.05, 0.1) is 53.0 Å². The molecule has 15 nitrogen and oxygen atoms in total. The molecule has 3 aromatic carbocycles. The zero-order valence-corrected chi connectivity index (χ0v) is 68.1. The lowest BCUT2D eigenvalue weighted by atomic mass is 9.84. The Morgan fingerprint density at radius 2 is 1.02 bits per heavy atom. The van der Waals surface area contributed by atoms with Crippen LogP contribution in [0.4, 0.5) is 0 Å². The number of carbonyl (C=O) groups is 3. The molecule has 0 spiro atoms. The van der Waals surface area contributed by atoms with Crippen molar-refractivity contribution in [2.75, 3.05) is 13.1 Å². The Hall–Kier alpha value is -5.30. The van der Waals surface area contributed by atoms with E-state index in [0.29, 0.717) is 69.2 Å². The number of rotatable bonds is 13. The first-order valence-electron chi connectivity index (χ1n) is 35.3. The molecule has 3 N–H and O–H groups in total. The maximum Gasteiger partial charge on any atom is 0.286 e. The van der Waals surface area contributed by atoms with Crippen molar-refractivity contribution < 1.29 is 18.8 Å². The fourth-order valence-electron chi connectivity index (χ4n) is 15.0. The number of hydrogen-bond donors (Lipinski definition) is 3. The Morgan fingerprint density at radius 3 is 1.49 bits per heavy atom. The van der Waals surface area contributed by atoms with Crippen LogP contribution in [0.2, 0.25) is 30.1 Å². The molecule has 8 heterocycles. The molecule has 15 rings (SSSR count). The summed E-state index contributed by atoms with van der Waals surface area (Å²) < 4.78 is 14.0. The van der Waals surface area contributed by atoms with Crippen molar-refractivity contribution in [1.82, 2.24) is 55.5 Å². The molecular weight excluding hydrogens is 1660 g/mol. The Morgan fingerprint density at radius 1 is 0.534 bits per heavy atom. The van der Waals surface area contributed by atoms with Crippen molar-refractivity contribution in [2.45, 2.75) is 167 Å². The van der Waals surface area contributed by atoms with E-state index in [1.54, 1.807) is 63.8 Å². The van der Waals surface area contributed by atoms with Crippen molar-refractivity contribution in [3.8, 4) is 17.1 Å². The van der Waals surface area contributed by atoms with Crippen LogP contribution in [-0.4, -0.2) is 88.3 Å². The minimum absolute atomic E-state index is 0.113. The zero-order chi connectivity index (χ0) is 72.2. The molecular formula is C77H78Br3Cl6N11O4S2. The smallest absolute Gasteiger partial charge is 0.286 e. The molecule has 26 heteroatoms. The third-order valence-corrected chi connectivity index (χ3v) is 25.5. The van der Waals surface area contributed by atoms with Gasteiger partial charge in [-0.2, -0.15) is 15.3 Å². The molecule has 3 fully saturated rings. The van der Waals surface area contributed by atoms with Gasteiger partial charge in [-0.1, -0.05) is 102 Å². The van der Waals surface area contributed by atoms with Gasteiger partial charge in [0.1, 0.15) is 5.76 Å². The number of allylic oxidation sites excluding steroid dienone is 3. The molecule has 103 heavy (non-hydrogen) atoms. The highest BCUT2D eigenvalue weighted by atomic mass is 79.9. The lowest BCUT2D eigenvalue weighted by molar-refractivity contribution is 0.0365. The van der Waals surface area contributed by atoms with E-state index in [9.17, 15) is 14.4 Å². The summed E-state index contributed by atoms with van der Waals surface area (Å²) in [6.07, 6.45) is 27.1. The van der Waals surface area contributed by atoms with E-state index in [0.717, 1.165) is 177 Å². The molecule has 6 aromatic heterocycles. The third kappa shape index (κ3) is 17.6. The van der Waals surface area contributed by atoms with E-state index in [1.807, 2.05) is 62.9 Å². The minimum atomic E-state index is -0.163. The highest BCUT2D eigenvalue weighted by Gasteiger charge is 2.36. The number of benzene rings is 3. The lowest BCUT2D eigenvalue weighted by Gasteiger charge is -2.38. The maximum absolute atomic E-state index is 13.6. The molecule has 3 amide bonds. The van der Waals surface area contributed by atoms with Crippen LogP contribution in [0, 0.1) is 5.92 Å². The molecule has 2 aliphatic heterocycles. The maximum atomic E-state index is 13.6. The van der Waals surface area contributed by atoms with Crippen molar-refractivity contribution in [3.05, 3.63) is 200 Å². The van der Waals surface area contributed by atoms with Gasteiger partial charge in [-0.15, -0.1) is 22.7 Å². The fourth-order valence-corrected chi connectivity index (χ4v) is 19.6. The van der Waals surface area contributed by atoms with Crippen LogP contribution < -0.4 is 16.2 Å². The summed E-state index contributed by atoms with van der Waals surface area (Å²) in [6.45, 7) is 8.19. The van der Waals surface area contributed by atoms with E-state index in [1.165, 1.54) is 44.9 Å². The summed E-state index contributed by atoms with van der Waals surface area (Å²) in [4.78, 5) is 42.8. The Bertz CT molecular complexity index is 4720. The first-order valence-corrected chi connectivity index (χ1v) is 41.6. The van der Waals surface area contributed by atoms with E-state index in [2.05, 4.69) is 113 Å². The number of furan rings is 1. The van der Waals surface area contributed by atoms with E-state index in [-0.39, 0.29) is 35.8 Å². The number of thiophene rings is 2. The molecule has 4 aliphatic carbocycles. The second kappa shape index (κ2) is 34.3. The van der Waals surface area contributed by atoms with Crippen molar-refractivity contribution in [3.63, 3.8) is 0 Å². The highest BCUT2D eigenvalue weighted by Crippen LogP contribution is 2.43. The summed E-state index contributed by atoms with van der Waals surface area (Å²) in [5, 5.41) is 27.1. The Labute approximate surface area is 664 Å². The van der Waals surface area contributed by atoms with Gasteiger partial charge in [0.25, 0.3) is 17.7 Å². The van der Waals surface area contributed by atoms with Gasteiger partial charge in [0, 0.05) is 77.2 Å². The quantitative estimate of drug-likeness (QED) is 0.102. The minimum Gasteiger partial charge on any atom is -0.450 e. The molecule has 540 valence electrons. The van der Waals surface area contributed by atoms with Crippen molar-refractivity contribution >= 4 is 193 Å². The number of hydrogen-bond acceptors (Lipinski definition) is 11. The molecule has 6 aliphatic rings. The first-order chi connectivity index (χ1) is 49.7. The number of aromatic nitrogens is 6. The van der Waals surface area contributed by atoms with Crippen LogP contribution in [-0.2, 0) is 19.3 Å². The normalized spacial score (nSPS) is 19.4. The summed E-state index contributed by atoms with van der Waals surface area (Å²) in [6, 6.07) is 26.8. The van der Waals surface area contributed by atoms with Crippen LogP contribution >= 0.6 is 140 Å². The summed E-state index contributed by atoms with van der Waals surface area (Å²) in [7, 11) is 0. The van der Waals surface area contributed by atoms with E-state index in [4.69, 9.17) is 89.3 Å². The third-order valence-electron chi connectivity index (χ3n) is 20.1. The summed E-state index contributed by atoms with van der Waals surface area (Å²) >= 11 is 52.3. The number of hydrazine groups is 2. The predicted molar refractivity (Wildman–Crippen MR) is 432 cm³/mol. The van der Waals surface area contributed by atoms with Gasteiger partial charge in [0.15, 0.2) is 21.8 Å². The largest absolute Gasteiger partial charge is 0.450 e. The monoisotopic (exact) mass is 1730 g/mol. The molecule has 9 aromatic rings. The van der Waals surface area contributed by atoms with Crippen LogP contribution in [0.25, 0.3) is 52.0 Å². The predicted octanol–water partition coefficient (Wildman–Crippen LogP) is 22.9. The molecule has 2 saturated heterocycles. The molecule has 2 unspecified atom stereocenters. The van der Waals surface area contributed by atoms with Crippen LogP contribution in [0.5, 0.6) is 0 Å². The van der Waals surface area contributed by atoms with Crippen LogP contribution in [0.3, 0.4) is 0 Å². The second-order valence-corrected chi connectivity index (χ2v) is 34.8. The molecule has 1 saturated carbocycles. The van der Waals surface area contributed by atoms with Crippen LogP contribution in [0.1, 0.15) is 211 Å². The first kappa shape index (κ1) is 75.9. The number of piperidine rings is 2. The fraction of sp³-hybridized carbons (Fsp3) is 0.377. The Kier molecular flexibility index (Phi) is 25.3. The van der Waals surface area contributed by atoms with Gasteiger partial charge in [-0.05, 0) is 296 Å². The standard InChI is InChI=1S/C27H28BrCl2N3O2.C26H27BrCl2N4OS.C24H23BrCl2N4OS/c1-16(17-6-3-2-4-7-17)31-27(34)25-21-9-5-8-18(14-20-11-13-24(28)35-20)26(21)33(32-25)23-12-10-19(29)15-22(23)30;1-15-5-3-6-16(2)32(15)31-26(34)24-19-8-4-7-17(13-23-20(27)11-12-35-23)25(19)33(30-24)22-10-9-18(28)14-21(22)29;25-21-10-8-17(33-21)13-15-5-4-6-18-22(24(32)29-30-11-2-1-3-12-30)28-31(23(15)18)20-9-7-16(26)14-19(20)27/h10-17H,2-9H2,1H3,(H,31,34);9-16H,3-8H2,1-2H3,(H,31,34);7-10,13-14H,1-6,11-12H2,(H,29,32)/b18-14+;17-13+;15-13+/t16-;;/m1../s1. The van der Waals surface area contributed by atoms with Crippen molar-refractivity contribution in [2.24, 2.45) is 5.92 Å². The number of amides is 3. The molecule has 0 radical (unpaired) electrons. The van der Waals surface area contributed by atoms with E-state index < -0.39 is 0 Å². The summed E-state index contributed by atoms with van der Waals surface area (Å²) in [5.41, 5.74) is 18.9. The second-order valence-electron chi connectivity index (χ2n) is 27.2. The van der Waals surface area contributed by atoms with Crippen molar-refractivity contribution in [1.29, 1.82) is 0 Å². The van der Waals surface area contributed by atoms with E-state index >= 15 is 0 Å². The lowest BCUT2D eigenvalue weighted by Crippen LogP contribution is -2.54. The van der Waals surface area contributed by atoms with Gasteiger partial charge in [0.2, 0.25) is 0 Å². The highest BCUT2D eigenvalue weighted by molar-refractivity contribution is 9.11. The van der Waals surface area contributed by atoms with Gasteiger partial charge >= 0.3 is 0 Å². The van der Waals surface area contributed by atoms with Gasteiger partial charge in [-0.3, -0.25) is 25.2 Å². The van der Waals surface area contributed by atoms with Gasteiger partial charge in [-0.25, -0.2) is 24.1 Å². The number of carbonyl (C=O) groups excluding carboxylic acids is 3. The van der Waals surface area contributed by atoms with Crippen LogP contribution in [0.15, 0.2) is 108 Å². The number of fused-ring (bicyclic) bond motifs is 3. The zero-order valence-electron chi connectivity index (χ0n) is 57.2. The average molecular weight is 1740 g/mol. The molecule has 0 bridgehead atoms. The summed E-state index contributed by atoms with van der Waals surface area (Å²) in [5.74, 6) is 0.822.